The van der Waals surface area contributed by atoms with Gasteiger partial charge in [0, 0.05) is 0 Å². The average molecular weight is 222 g/mol. The zero-order chi connectivity index (χ0) is 12.0. The fourth-order valence-corrected chi connectivity index (χ4v) is 4.02. The van der Waals surface area contributed by atoms with Gasteiger partial charge in [-0.05, 0) is 55.8 Å². The van der Waals surface area contributed by atoms with E-state index in [-0.39, 0.29) is 0 Å². The molecule has 4 heteroatoms. The van der Waals surface area contributed by atoms with Gasteiger partial charge in [0.05, 0.1) is 0 Å². The normalized spacial score (nSPS) is 37.0. The molecule has 4 atom stereocenters. The first-order valence-corrected chi connectivity index (χ1v) is 5.86. The standard InChI is InChI=1S/C10H16.2CHNO/c1-2-9-7-4-5-8(6-7)10(9)3-1;2*2-1-3/h7-10H,1-6H2;2*2H. The van der Waals surface area contributed by atoms with Crippen LogP contribution in [-0.4, -0.2) is 12.2 Å². The van der Waals surface area contributed by atoms with Gasteiger partial charge in [-0.2, -0.15) is 0 Å². The van der Waals surface area contributed by atoms with Gasteiger partial charge in [-0.3, -0.25) is 0 Å². The maximum absolute atomic E-state index is 8.35. The number of rotatable bonds is 0. The van der Waals surface area contributed by atoms with Gasteiger partial charge < -0.3 is 0 Å². The summed E-state index contributed by atoms with van der Waals surface area (Å²) in [6.07, 6.45) is 11.0. The summed E-state index contributed by atoms with van der Waals surface area (Å²) >= 11 is 0. The highest BCUT2D eigenvalue weighted by Crippen LogP contribution is 2.58. The molecule has 0 saturated heterocycles. The summed E-state index contributed by atoms with van der Waals surface area (Å²) in [5.74, 6) is 4.80. The summed E-state index contributed by atoms with van der Waals surface area (Å²) in [6, 6.07) is 0. The van der Waals surface area contributed by atoms with Gasteiger partial charge in [-0.25, -0.2) is 20.4 Å². The van der Waals surface area contributed by atoms with Crippen molar-refractivity contribution < 1.29 is 9.59 Å². The van der Waals surface area contributed by atoms with E-state index in [9.17, 15) is 0 Å². The maximum Gasteiger partial charge on any atom is 0.231 e. The number of nitrogens with one attached hydrogen (secondary N) is 2. The quantitative estimate of drug-likeness (QED) is 0.488. The summed E-state index contributed by atoms with van der Waals surface area (Å²) in [5.41, 5.74) is 0. The third-order valence-corrected chi connectivity index (χ3v) is 4.35. The fourth-order valence-electron chi connectivity index (χ4n) is 4.02. The molecule has 0 aromatic heterocycles. The second-order valence-corrected chi connectivity index (χ2v) is 4.80. The van der Waals surface area contributed by atoms with Crippen molar-refractivity contribution in [1.29, 1.82) is 10.8 Å². The molecule has 0 aliphatic heterocycles. The Bertz CT molecular complexity index is 263. The van der Waals surface area contributed by atoms with Gasteiger partial charge in [-0.15, -0.1) is 0 Å². The van der Waals surface area contributed by atoms with E-state index in [1.54, 1.807) is 38.5 Å². The highest BCUT2D eigenvalue weighted by Gasteiger charge is 2.48. The van der Waals surface area contributed by atoms with Gasteiger partial charge >= 0.3 is 0 Å². The van der Waals surface area contributed by atoms with Crippen molar-refractivity contribution in [3.63, 3.8) is 0 Å². The summed E-state index contributed by atoms with van der Waals surface area (Å²) < 4.78 is 0. The molecular formula is C12H18N2O2. The molecule has 3 saturated carbocycles. The number of isocyanates is 2. The molecule has 3 fully saturated rings. The number of hydrogen-bond donors (Lipinski definition) is 2. The van der Waals surface area contributed by atoms with Crippen LogP contribution in [0.1, 0.15) is 38.5 Å². The predicted molar refractivity (Wildman–Crippen MR) is 58.5 cm³/mol. The van der Waals surface area contributed by atoms with Crippen LogP contribution in [-0.2, 0) is 9.59 Å². The van der Waals surface area contributed by atoms with E-state index in [4.69, 9.17) is 20.4 Å². The third-order valence-electron chi connectivity index (χ3n) is 4.35. The Morgan fingerprint density at radius 3 is 1.56 bits per heavy atom. The third kappa shape index (κ3) is 2.66. The molecule has 0 radical (unpaired) electrons. The Morgan fingerprint density at radius 2 is 1.19 bits per heavy atom. The minimum atomic E-state index is 0.750. The summed E-state index contributed by atoms with van der Waals surface area (Å²) in [6.45, 7) is 0. The summed E-state index contributed by atoms with van der Waals surface area (Å²) in [5, 5.41) is 10.8. The van der Waals surface area contributed by atoms with E-state index >= 15 is 0 Å². The highest BCUT2D eigenvalue weighted by atomic mass is 16.1. The molecule has 0 heterocycles. The SMILES string of the molecule is C1CC2C3CCC(C3)C2C1.N=C=O.N=C=O. The number of fused-ring (bicyclic) bond motifs is 5. The lowest BCUT2D eigenvalue weighted by Gasteiger charge is -2.23. The Balaban J connectivity index is 0.000000185. The second-order valence-electron chi connectivity index (χ2n) is 4.80. The first kappa shape index (κ1) is 12.8. The number of carbonyl (C=O) groups excluding carboxylic acids is 2. The van der Waals surface area contributed by atoms with Gasteiger partial charge in [0.2, 0.25) is 12.2 Å². The molecule has 0 amide bonds. The molecular weight excluding hydrogens is 204 g/mol. The van der Waals surface area contributed by atoms with Gasteiger partial charge in [0.15, 0.2) is 0 Å². The maximum atomic E-state index is 8.35. The van der Waals surface area contributed by atoms with Crippen molar-refractivity contribution in [2.24, 2.45) is 23.7 Å². The second kappa shape index (κ2) is 6.37. The molecule has 0 aromatic carbocycles. The molecule has 3 aliphatic rings. The molecule has 16 heavy (non-hydrogen) atoms. The molecule has 3 aliphatic carbocycles. The topological polar surface area (TPSA) is 81.8 Å². The summed E-state index contributed by atoms with van der Waals surface area (Å²) in [7, 11) is 0. The predicted octanol–water partition coefficient (Wildman–Crippen LogP) is 2.63. The zero-order valence-corrected chi connectivity index (χ0v) is 9.37. The minimum absolute atomic E-state index is 0.750. The lowest BCUT2D eigenvalue weighted by molar-refractivity contribution is 0.259. The van der Waals surface area contributed by atoms with Crippen molar-refractivity contribution in [1.82, 2.24) is 0 Å². The van der Waals surface area contributed by atoms with Crippen molar-refractivity contribution in [2.45, 2.75) is 38.5 Å². The molecule has 88 valence electrons. The Hall–Kier alpha value is -1.24. The van der Waals surface area contributed by atoms with E-state index < -0.39 is 0 Å². The van der Waals surface area contributed by atoms with Crippen LogP contribution in [0.4, 0.5) is 0 Å². The van der Waals surface area contributed by atoms with Crippen LogP contribution in [0.25, 0.3) is 0 Å². The number of hydrogen-bond acceptors (Lipinski definition) is 4. The zero-order valence-electron chi connectivity index (χ0n) is 9.37. The molecule has 3 rings (SSSR count). The van der Waals surface area contributed by atoms with Crippen LogP contribution in [0.15, 0.2) is 0 Å². The Morgan fingerprint density at radius 1 is 0.812 bits per heavy atom. The molecule has 2 bridgehead atoms. The molecule has 4 nitrogen and oxygen atoms in total. The Kier molecular flexibility index (Phi) is 5.10. The monoisotopic (exact) mass is 222 g/mol. The fraction of sp³-hybridized carbons (Fsp3) is 0.833. The Labute approximate surface area is 95.4 Å². The van der Waals surface area contributed by atoms with Crippen LogP contribution in [0.2, 0.25) is 0 Å². The van der Waals surface area contributed by atoms with Crippen molar-refractivity contribution >= 4 is 12.2 Å². The van der Waals surface area contributed by atoms with Crippen LogP contribution < -0.4 is 0 Å². The van der Waals surface area contributed by atoms with Gasteiger partial charge in [-0.1, -0.05) is 6.42 Å². The van der Waals surface area contributed by atoms with Crippen molar-refractivity contribution in [2.75, 3.05) is 0 Å². The molecule has 0 spiro atoms. The smallest absolute Gasteiger partial charge is 0.222 e. The summed E-state index contributed by atoms with van der Waals surface area (Å²) in [4.78, 5) is 16.7. The van der Waals surface area contributed by atoms with E-state index in [2.05, 4.69) is 0 Å². The molecule has 2 N–H and O–H groups in total. The average Bonchev–Trinajstić information content (AvgIpc) is 2.94. The van der Waals surface area contributed by atoms with Crippen LogP contribution >= 0.6 is 0 Å². The largest absolute Gasteiger partial charge is 0.231 e. The van der Waals surface area contributed by atoms with E-state index in [0.717, 1.165) is 12.2 Å². The van der Waals surface area contributed by atoms with Crippen LogP contribution in [0, 0.1) is 34.5 Å². The van der Waals surface area contributed by atoms with Crippen LogP contribution in [0.3, 0.4) is 0 Å². The van der Waals surface area contributed by atoms with E-state index in [1.807, 2.05) is 0 Å². The molecule has 0 aromatic rings. The van der Waals surface area contributed by atoms with Crippen LogP contribution in [0.5, 0.6) is 0 Å². The first-order valence-electron chi connectivity index (χ1n) is 5.86. The first-order chi connectivity index (χ1) is 7.78. The van der Waals surface area contributed by atoms with Gasteiger partial charge in [0.25, 0.3) is 0 Å². The lowest BCUT2D eigenvalue weighted by Crippen LogP contribution is -2.15. The minimum Gasteiger partial charge on any atom is -0.222 e. The van der Waals surface area contributed by atoms with Gasteiger partial charge in [0.1, 0.15) is 0 Å². The lowest BCUT2D eigenvalue weighted by atomic mass is 9.82. The van der Waals surface area contributed by atoms with Crippen molar-refractivity contribution in [3.05, 3.63) is 0 Å². The van der Waals surface area contributed by atoms with E-state index in [0.29, 0.717) is 0 Å². The highest BCUT2D eigenvalue weighted by molar-refractivity contribution is 5.26. The van der Waals surface area contributed by atoms with E-state index in [1.165, 1.54) is 23.7 Å². The molecule has 4 unspecified atom stereocenters. The van der Waals surface area contributed by atoms with Crippen molar-refractivity contribution in [3.8, 4) is 0 Å².